The SMILES string of the molecule is C=CC(=O)O.C=CC(=O)O.CCCCCCCCCCCCCC. The Bertz CT molecular complexity index is 268. The number of carboxylic acids is 2. The lowest BCUT2D eigenvalue weighted by atomic mass is 10.1. The highest BCUT2D eigenvalue weighted by molar-refractivity contribution is 5.79. The van der Waals surface area contributed by atoms with Crippen molar-refractivity contribution in [3.05, 3.63) is 25.3 Å². The van der Waals surface area contributed by atoms with Gasteiger partial charge in [0.1, 0.15) is 0 Å². The van der Waals surface area contributed by atoms with E-state index in [1.807, 2.05) is 0 Å². The van der Waals surface area contributed by atoms with Crippen LogP contribution in [0.5, 0.6) is 0 Å². The number of hydrogen-bond acceptors (Lipinski definition) is 2. The van der Waals surface area contributed by atoms with E-state index in [0.717, 1.165) is 12.2 Å². The summed E-state index contributed by atoms with van der Waals surface area (Å²) in [7, 11) is 0. The van der Waals surface area contributed by atoms with Gasteiger partial charge in [-0.15, -0.1) is 0 Å². The van der Waals surface area contributed by atoms with Crippen LogP contribution in [-0.2, 0) is 9.59 Å². The Kier molecular flexibility index (Phi) is 29.9. The van der Waals surface area contributed by atoms with Crippen molar-refractivity contribution in [2.75, 3.05) is 0 Å². The number of rotatable bonds is 13. The van der Waals surface area contributed by atoms with Crippen LogP contribution in [-0.4, -0.2) is 22.2 Å². The number of hydrogen-bond donors (Lipinski definition) is 2. The third-order valence-electron chi connectivity index (χ3n) is 3.31. The van der Waals surface area contributed by atoms with E-state index < -0.39 is 11.9 Å². The minimum atomic E-state index is -0.981. The molecule has 0 unspecified atom stereocenters. The first-order valence-corrected chi connectivity index (χ1v) is 9.16. The second-order valence-corrected chi connectivity index (χ2v) is 5.62. The molecule has 0 saturated carbocycles. The second-order valence-electron chi connectivity index (χ2n) is 5.62. The van der Waals surface area contributed by atoms with Gasteiger partial charge in [0.05, 0.1) is 0 Å². The van der Waals surface area contributed by atoms with Crippen LogP contribution in [0.25, 0.3) is 0 Å². The van der Waals surface area contributed by atoms with E-state index in [1.54, 1.807) is 0 Å². The van der Waals surface area contributed by atoms with Gasteiger partial charge in [-0.25, -0.2) is 9.59 Å². The fraction of sp³-hybridized carbons (Fsp3) is 0.700. The summed E-state index contributed by atoms with van der Waals surface area (Å²) in [6, 6.07) is 0. The summed E-state index contributed by atoms with van der Waals surface area (Å²) in [5.41, 5.74) is 0. The average Bonchev–Trinajstić information content (AvgIpc) is 2.57. The van der Waals surface area contributed by atoms with Crippen molar-refractivity contribution in [1.29, 1.82) is 0 Å². The first kappa shape index (κ1) is 27.3. The normalized spacial score (nSPS) is 8.92. The highest BCUT2D eigenvalue weighted by atomic mass is 16.4. The van der Waals surface area contributed by atoms with E-state index in [4.69, 9.17) is 10.2 Å². The van der Waals surface area contributed by atoms with Gasteiger partial charge in [0, 0.05) is 12.2 Å². The Morgan fingerprint density at radius 1 is 0.625 bits per heavy atom. The van der Waals surface area contributed by atoms with Gasteiger partial charge in [-0.1, -0.05) is 104 Å². The molecule has 0 aromatic heterocycles. The first-order valence-electron chi connectivity index (χ1n) is 9.16. The predicted octanol–water partition coefficient (Wildman–Crippen LogP) is 6.22. The van der Waals surface area contributed by atoms with Crippen molar-refractivity contribution < 1.29 is 19.8 Å². The lowest BCUT2D eigenvalue weighted by molar-refractivity contribution is -0.132. The summed E-state index contributed by atoms with van der Waals surface area (Å²) < 4.78 is 0. The fourth-order valence-corrected chi connectivity index (χ4v) is 1.91. The zero-order valence-electron chi connectivity index (χ0n) is 15.8. The summed E-state index contributed by atoms with van der Waals surface area (Å²) >= 11 is 0. The molecule has 4 nitrogen and oxygen atoms in total. The summed E-state index contributed by atoms with van der Waals surface area (Å²) in [5.74, 6) is -1.96. The zero-order chi connectivity index (χ0) is 19.1. The Balaban J connectivity index is -0.000000361. The number of unbranched alkanes of at least 4 members (excludes halogenated alkanes) is 11. The monoisotopic (exact) mass is 342 g/mol. The molecule has 0 saturated heterocycles. The molecule has 0 fully saturated rings. The Labute approximate surface area is 148 Å². The molecule has 0 heterocycles. The molecule has 0 amide bonds. The van der Waals surface area contributed by atoms with E-state index in [2.05, 4.69) is 27.0 Å². The molecule has 0 aliphatic carbocycles. The van der Waals surface area contributed by atoms with Gasteiger partial charge in [0.2, 0.25) is 0 Å². The Morgan fingerprint density at radius 2 is 0.792 bits per heavy atom. The zero-order valence-corrected chi connectivity index (χ0v) is 15.8. The molecule has 0 atom stereocenters. The van der Waals surface area contributed by atoms with Gasteiger partial charge in [0.15, 0.2) is 0 Å². The molecule has 0 aromatic rings. The molecule has 0 aliphatic heterocycles. The van der Waals surface area contributed by atoms with E-state index in [9.17, 15) is 9.59 Å². The smallest absolute Gasteiger partial charge is 0.327 e. The van der Waals surface area contributed by atoms with Crippen molar-refractivity contribution in [2.45, 2.75) is 90.9 Å². The molecule has 0 bridgehead atoms. The van der Waals surface area contributed by atoms with Gasteiger partial charge >= 0.3 is 11.9 Å². The van der Waals surface area contributed by atoms with Gasteiger partial charge in [-0.05, 0) is 0 Å². The van der Waals surface area contributed by atoms with Crippen molar-refractivity contribution >= 4 is 11.9 Å². The quantitative estimate of drug-likeness (QED) is 0.308. The van der Waals surface area contributed by atoms with Crippen molar-refractivity contribution in [2.24, 2.45) is 0 Å². The molecule has 0 spiro atoms. The highest BCUT2D eigenvalue weighted by Gasteiger charge is 1.91. The van der Waals surface area contributed by atoms with Gasteiger partial charge in [-0.3, -0.25) is 0 Å². The van der Waals surface area contributed by atoms with E-state index in [-0.39, 0.29) is 0 Å². The van der Waals surface area contributed by atoms with Crippen molar-refractivity contribution in [3.8, 4) is 0 Å². The van der Waals surface area contributed by atoms with Crippen molar-refractivity contribution in [3.63, 3.8) is 0 Å². The van der Waals surface area contributed by atoms with Crippen LogP contribution in [0.1, 0.15) is 90.9 Å². The van der Waals surface area contributed by atoms with Crippen LogP contribution in [0.3, 0.4) is 0 Å². The lowest BCUT2D eigenvalue weighted by Gasteiger charge is -2.01. The Hall–Kier alpha value is -1.58. The molecule has 24 heavy (non-hydrogen) atoms. The molecule has 0 aliphatic rings. The van der Waals surface area contributed by atoms with Gasteiger partial charge in [0.25, 0.3) is 0 Å². The van der Waals surface area contributed by atoms with Crippen LogP contribution in [0.15, 0.2) is 25.3 Å². The van der Waals surface area contributed by atoms with Gasteiger partial charge in [-0.2, -0.15) is 0 Å². The maximum absolute atomic E-state index is 9.25. The van der Waals surface area contributed by atoms with Gasteiger partial charge < -0.3 is 10.2 Å². The number of carboxylic acid groups (broad SMARTS) is 2. The molecule has 0 aromatic carbocycles. The standard InChI is InChI=1S/C14H30.2C3H4O2/c1-3-5-7-9-11-13-14-12-10-8-6-4-2;2*1-2-3(4)5/h3-14H2,1-2H3;2*2H,1H2,(H,4,5). The predicted molar refractivity (Wildman–Crippen MR) is 102 cm³/mol. The number of carbonyl (C=O) groups is 2. The van der Waals surface area contributed by atoms with E-state index in [1.165, 1.54) is 77.0 Å². The lowest BCUT2D eigenvalue weighted by Crippen LogP contribution is -1.82. The molecular formula is C20H38O4. The average molecular weight is 343 g/mol. The molecule has 0 rings (SSSR count). The highest BCUT2D eigenvalue weighted by Crippen LogP contribution is 2.11. The first-order chi connectivity index (χ1) is 11.5. The van der Waals surface area contributed by atoms with Crippen LogP contribution in [0, 0.1) is 0 Å². The maximum atomic E-state index is 9.25. The summed E-state index contributed by atoms with van der Waals surface area (Å²) in [6.45, 7) is 10.5. The third kappa shape index (κ3) is 42.8. The van der Waals surface area contributed by atoms with E-state index in [0.29, 0.717) is 0 Å². The number of aliphatic carboxylic acids is 2. The topological polar surface area (TPSA) is 74.6 Å². The van der Waals surface area contributed by atoms with Crippen LogP contribution in [0.4, 0.5) is 0 Å². The minimum Gasteiger partial charge on any atom is -0.478 e. The minimum absolute atomic E-state index is 0.833. The molecule has 0 radical (unpaired) electrons. The fourth-order valence-electron chi connectivity index (χ4n) is 1.91. The summed E-state index contributed by atoms with van der Waals surface area (Å²) in [4.78, 5) is 18.5. The molecule has 2 N–H and O–H groups in total. The largest absolute Gasteiger partial charge is 0.478 e. The maximum Gasteiger partial charge on any atom is 0.327 e. The van der Waals surface area contributed by atoms with Crippen molar-refractivity contribution in [1.82, 2.24) is 0 Å². The van der Waals surface area contributed by atoms with E-state index >= 15 is 0 Å². The second kappa shape index (κ2) is 26.3. The van der Waals surface area contributed by atoms with Crippen LogP contribution < -0.4 is 0 Å². The molecular weight excluding hydrogens is 304 g/mol. The molecule has 142 valence electrons. The molecule has 4 heteroatoms. The summed E-state index contributed by atoms with van der Waals surface area (Å²) in [5, 5.41) is 15.2. The summed E-state index contributed by atoms with van der Waals surface area (Å²) in [6.07, 6.45) is 19.1. The van der Waals surface area contributed by atoms with Crippen LogP contribution >= 0.6 is 0 Å². The Morgan fingerprint density at radius 3 is 0.917 bits per heavy atom. The van der Waals surface area contributed by atoms with Crippen LogP contribution in [0.2, 0.25) is 0 Å². The third-order valence-corrected chi connectivity index (χ3v) is 3.31.